The molecule has 5 rings (SSSR count). The monoisotopic (exact) mass is 749 g/mol. The molecule has 0 saturated carbocycles. The van der Waals surface area contributed by atoms with Crippen LogP contribution in [0.4, 0.5) is 4.79 Å². The van der Waals surface area contributed by atoms with Gasteiger partial charge in [-0.3, -0.25) is 9.59 Å². The fraction of sp³-hybridized carbons (Fsp3) is 0.400. The van der Waals surface area contributed by atoms with E-state index in [4.69, 9.17) is 41.9 Å². The summed E-state index contributed by atoms with van der Waals surface area (Å²) in [6, 6.07) is 19.0. The number of carbonyl (C=O) groups is 3. The Morgan fingerprint density at radius 1 is 0.962 bits per heavy atom. The number of hydrogen-bond acceptors (Lipinski definition) is 8. The van der Waals surface area contributed by atoms with Gasteiger partial charge in [0.1, 0.15) is 30.3 Å². The average molecular weight is 751 g/mol. The summed E-state index contributed by atoms with van der Waals surface area (Å²) >= 11 is 12.6. The van der Waals surface area contributed by atoms with E-state index in [-0.39, 0.29) is 43.3 Å². The molecule has 2 atom stereocenters. The standard InChI is InChI=1S/C40H45Cl2N3O7/c1-24-21-33(41)38(34(42)22-24)50-20-19-49-29-13-11-28(12-14-29)30-16-18-45(39(48)51-40(4,5)6)23-32(30)36-35(25(2)46)37(52-44-36)31-10-8-7-9-27(31)15-17-43-26(3)47/h7-14,21-22,30,32H,15-20,23H2,1-6H3,(H,43,47)/t30-,32+/m1/s1. The van der Waals surface area contributed by atoms with E-state index >= 15 is 0 Å². The number of amides is 2. The van der Waals surface area contributed by atoms with E-state index < -0.39 is 11.7 Å². The summed E-state index contributed by atoms with van der Waals surface area (Å²) in [4.78, 5) is 39.9. The fourth-order valence-electron chi connectivity index (χ4n) is 6.47. The van der Waals surface area contributed by atoms with Crippen LogP contribution in [0.5, 0.6) is 11.5 Å². The lowest BCUT2D eigenvalue weighted by Crippen LogP contribution is -2.44. The first-order chi connectivity index (χ1) is 24.7. The van der Waals surface area contributed by atoms with Crippen LogP contribution >= 0.6 is 23.2 Å². The van der Waals surface area contributed by atoms with Gasteiger partial charge in [0.25, 0.3) is 0 Å². The smallest absolute Gasteiger partial charge is 0.410 e. The van der Waals surface area contributed by atoms with Crippen molar-refractivity contribution >= 4 is 41.0 Å². The first-order valence-corrected chi connectivity index (χ1v) is 18.1. The third-order valence-corrected chi connectivity index (χ3v) is 9.33. The number of nitrogens with zero attached hydrogens (tertiary/aromatic N) is 2. The van der Waals surface area contributed by atoms with E-state index in [1.807, 2.05) is 76.2 Å². The molecule has 0 bridgehead atoms. The zero-order valence-electron chi connectivity index (χ0n) is 30.4. The lowest BCUT2D eigenvalue weighted by atomic mass is 9.77. The molecule has 52 heavy (non-hydrogen) atoms. The third-order valence-electron chi connectivity index (χ3n) is 8.77. The maximum atomic E-state index is 13.4. The minimum absolute atomic E-state index is 0.104. The Morgan fingerprint density at radius 2 is 1.63 bits per heavy atom. The second-order valence-corrected chi connectivity index (χ2v) is 14.8. The van der Waals surface area contributed by atoms with Crippen LogP contribution in [0.2, 0.25) is 10.0 Å². The van der Waals surface area contributed by atoms with Crippen LogP contribution < -0.4 is 14.8 Å². The van der Waals surface area contributed by atoms with Gasteiger partial charge in [0.05, 0.1) is 15.6 Å². The molecule has 0 radical (unpaired) electrons. The highest BCUT2D eigenvalue weighted by Gasteiger charge is 2.40. The highest BCUT2D eigenvalue weighted by molar-refractivity contribution is 6.37. The molecule has 2 amide bonds. The Kier molecular flexibility index (Phi) is 12.5. The topological polar surface area (TPSA) is 120 Å². The molecule has 12 heteroatoms. The molecule has 1 aromatic heterocycles. The van der Waals surface area contributed by atoms with Gasteiger partial charge >= 0.3 is 6.09 Å². The molecule has 10 nitrogen and oxygen atoms in total. The number of rotatable bonds is 12. The number of aromatic nitrogens is 1. The van der Waals surface area contributed by atoms with E-state index in [2.05, 4.69) is 10.5 Å². The Bertz CT molecular complexity index is 1880. The molecule has 1 aliphatic heterocycles. The SMILES string of the molecule is CC(=O)NCCc1ccccc1-c1onc([C@H]2CN(C(=O)OC(C)(C)C)CC[C@@H]2c2ccc(OCCOc3c(Cl)cc(C)cc3Cl)cc2)c1C(C)=O. The summed E-state index contributed by atoms with van der Waals surface area (Å²) in [5.74, 6) is 0.639. The molecule has 0 unspecified atom stereocenters. The van der Waals surface area contributed by atoms with Gasteiger partial charge in [-0.05, 0) is 94.3 Å². The van der Waals surface area contributed by atoms with E-state index in [9.17, 15) is 14.4 Å². The lowest BCUT2D eigenvalue weighted by molar-refractivity contribution is -0.118. The minimum atomic E-state index is -0.671. The van der Waals surface area contributed by atoms with Crippen molar-refractivity contribution < 1.29 is 33.1 Å². The first kappa shape index (κ1) is 38.7. The summed E-state index contributed by atoms with van der Waals surface area (Å²) in [6.45, 7) is 12.1. The Balaban J connectivity index is 1.40. The quantitative estimate of drug-likeness (QED) is 0.113. The summed E-state index contributed by atoms with van der Waals surface area (Å²) < 4.78 is 23.5. The number of halogens is 2. The number of ketones is 1. The molecule has 1 aliphatic rings. The van der Waals surface area contributed by atoms with E-state index in [0.29, 0.717) is 64.5 Å². The summed E-state index contributed by atoms with van der Waals surface area (Å²) in [7, 11) is 0. The number of nitrogens with one attached hydrogen (secondary N) is 1. The molecule has 1 saturated heterocycles. The van der Waals surface area contributed by atoms with Gasteiger partial charge in [0.15, 0.2) is 17.3 Å². The molecular weight excluding hydrogens is 705 g/mol. The lowest BCUT2D eigenvalue weighted by Gasteiger charge is -2.38. The number of aryl methyl sites for hydroxylation is 1. The molecule has 1 N–H and O–H groups in total. The highest BCUT2D eigenvalue weighted by Crippen LogP contribution is 2.44. The fourth-order valence-corrected chi connectivity index (χ4v) is 7.18. The van der Waals surface area contributed by atoms with Crippen molar-refractivity contribution in [2.75, 3.05) is 32.8 Å². The second-order valence-electron chi connectivity index (χ2n) is 14.0. The molecule has 276 valence electrons. The van der Waals surface area contributed by atoms with Crippen molar-refractivity contribution in [1.29, 1.82) is 0 Å². The molecule has 2 heterocycles. The van der Waals surface area contributed by atoms with E-state index in [1.165, 1.54) is 13.8 Å². The Hall–Kier alpha value is -4.54. The third kappa shape index (κ3) is 9.66. The summed E-state index contributed by atoms with van der Waals surface area (Å²) in [6.07, 6.45) is 0.713. The predicted octanol–water partition coefficient (Wildman–Crippen LogP) is 8.80. The van der Waals surface area contributed by atoms with E-state index in [1.54, 1.807) is 17.0 Å². The number of ether oxygens (including phenoxy) is 3. The molecule has 0 spiro atoms. The number of benzene rings is 3. The van der Waals surface area contributed by atoms with Gasteiger partial charge in [0.2, 0.25) is 5.91 Å². The van der Waals surface area contributed by atoms with Crippen molar-refractivity contribution in [3.8, 4) is 22.8 Å². The van der Waals surface area contributed by atoms with Crippen LogP contribution in [0, 0.1) is 6.92 Å². The molecule has 0 aliphatic carbocycles. The number of hydrogen-bond donors (Lipinski definition) is 1. The molecule has 4 aromatic rings. The van der Waals surface area contributed by atoms with Crippen molar-refractivity contribution in [2.24, 2.45) is 0 Å². The van der Waals surface area contributed by atoms with Crippen molar-refractivity contribution in [2.45, 2.75) is 71.8 Å². The minimum Gasteiger partial charge on any atom is -0.490 e. The van der Waals surface area contributed by atoms with Gasteiger partial charge in [-0.2, -0.15) is 0 Å². The van der Waals surface area contributed by atoms with Gasteiger partial charge in [0, 0.05) is 38.0 Å². The van der Waals surface area contributed by atoms with Crippen LogP contribution in [0.1, 0.15) is 85.6 Å². The summed E-state index contributed by atoms with van der Waals surface area (Å²) in [5.41, 5.74) is 3.78. The van der Waals surface area contributed by atoms with Gasteiger partial charge < -0.3 is 29.0 Å². The number of Topliss-reactive ketones (excluding diaryl/α,β-unsaturated/α-hetero) is 1. The van der Waals surface area contributed by atoms with Crippen LogP contribution in [0.25, 0.3) is 11.3 Å². The second kappa shape index (κ2) is 16.9. The highest BCUT2D eigenvalue weighted by atomic mass is 35.5. The number of piperidine rings is 1. The summed E-state index contributed by atoms with van der Waals surface area (Å²) in [5, 5.41) is 8.25. The number of carbonyl (C=O) groups excluding carboxylic acids is 3. The zero-order valence-corrected chi connectivity index (χ0v) is 31.9. The van der Waals surface area contributed by atoms with Crippen LogP contribution in [0.15, 0.2) is 65.2 Å². The van der Waals surface area contributed by atoms with Crippen LogP contribution in [-0.4, -0.2) is 66.3 Å². The molecular formula is C40H45Cl2N3O7. The molecule has 3 aromatic carbocycles. The Labute approximate surface area is 314 Å². The van der Waals surface area contributed by atoms with Crippen molar-refractivity contribution in [3.05, 3.63) is 98.7 Å². The van der Waals surface area contributed by atoms with Gasteiger partial charge in [-0.1, -0.05) is 64.8 Å². The van der Waals surface area contributed by atoms with Gasteiger partial charge in [-0.25, -0.2) is 4.79 Å². The van der Waals surface area contributed by atoms with E-state index in [0.717, 1.165) is 22.3 Å². The zero-order chi connectivity index (χ0) is 37.6. The Morgan fingerprint density at radius 3 is 2.29 bits per heavy atom. The molecule has 1 fully saturated rings. The number of likely N-dealkylation sites (tertiary alicyclic amines) is 1. The van der Waals surface area contributed by atoms with Crippen molar-refractivity contribution in [3.63, 3.8) is 0 Å². The van der Waals surface area contributed by atoms with Crippen LogP contribution in [-0.2, 0) is 16.0 Å². The average Bonchev–Trinajstić information content (AvgIpc) is 3.52. The largest absolute Gasteiger partial charge is 0.490 e. The van der Waals surface area contributed by atoms with Crippen LogP contribution in [0.3, 0.4) is 0 Å². The van der Waals surface area contributed by atoms with Crippen molar-refractivity contribution in [1.82, 2.24) is 15.4 Å². The maximum absolute atomic E-state index is 13.4. The first-order valence-electron chi connectivity index (χ1n) is 17.3. The maximum Gasteiger partial charge on any atom is 0.410 e. The predicted molar refractivity (Wildman–Crippen MR) is 201 cm³/mol. The van der Waals surface area contributed by atoms with Gasteiger partial charge in [-0.15, -0.1) is 0 Å². The normalized spacial score (nSPS) is 16.0.